The minimum atomic E-state index is -0.0661. The Kier molecular flexibility index (Phi) is 3.50. The van der Waals surface area contributed by atoms with E-state index in [1.165, 1.54) is 0 Å². The molecule has 0 saturated heterocycles. The molecule has 0 amide bonds. The fourth-order valence-corrected chi connectivity index (χ4v) is 2.10. The highest BCUT2D eigenvalue weighted by atomic mass is 35.5. The van der Waals surface area contributed by atoms with Crippen molar-refractivity contribution >= 4 is 11.6 Å². The molecule has 4 heteroatoms. The molecule has 1 unspecified atom stereocenters. The van der Waals surface area contributed by atoms with Gasteiger partial charge in [-0.2, -0.15) is 5.10 Å². The standard InChI is InChI=1S/C13H16ClN3/c1-9-11(8-16-17(9)2)13(15)7-10-5-3-4-6-12(10)14/h3-6,8,13H,7,15H2,1-2H3. The van der Waals surface area contributed by atoms with E-state index in [-0.39, 0.29) is 6.04 Å². The molecule has 0 radical (unpaired) electrons. The molecule has 1 atom stereocenters. The molecule has 0 aliphatic rings. The largest absolute Gasteiger partial charge is 0.324 e. The van der Waals surface area contributed by atoms with Gasteiger partial charge in [0.15, 0.2) is 0 Å². The van der Waals surface area contributed by atoms with Crippen LogP contribution in [0.4, 0.5) is 0 Å². The maximum absolute atomic E-state index is 6.20. The Morgan fingerprint density at radius 2 is 2.12 bits per heavy atom. The van der Waals surface area contributed by atoms with E-state index in [0.29, 0.717) is 0 Å². The first-order valence-corrected chi connectivity index (χ1v) is 5.95. The Labute approximate surface area is 106 Å². The Hall–Kier alpha value is -1.32. The summed E-state index contributed by atoms with van der Waals surface area (Å²) >= 11 is 6.12. The second-order valence-electron chi connectivity index (χ2n) is 4.21. The summed E-state index contributed by atoms with van der Waals surface area (Å²) in [4.78, 5) is 0. The normalized spacial score (nSPS) is 12.7. The van der Waals surface area contributed by atoms with Crippen LogP contribution in [0.25, 0.3) is 0 Å². The monoisotopic (exact) mass is 249 g/mol. The van der Waals surface area contributed by atoms with Gasteiger partial charge in [0.1, 0.15) is 0 Å². The van der Waals surface area contributed by atoms with Crippen molar-refractivity contribution in [1.82, 2.24) is 9.78 Å². The highest BCUT2D eigenvalue weighted by molar-refractivity contribution is 6.31. The zero-order valence-electron chi connectivity index (χ0n) is 10.0. The molecule has 2 N–H and O–H groups in total. The Morgan fingerprint density at radius 1 is 1.41 bits per heavy atom. The number of nitrogens with two attached hydrogens (primary N) is 1. The van der Waals surface area contributed by atoms with Crippen LogP contribution in [0.3, 0.4) is 0 Å². The molecule has 3 nitrogen and oxygen atoms in total. The van der Waals surface area contributed by atoms with Crippen LogP contribution in [-0.4, -0.2) is 9.78 Å². The van der Waals surface area contributed by atoms with Crippen molar-refractivity contribution in [2.45, 2.75) is 19.4 Å². The van der Waals surface area contributed by atoms with E-state index in [9.17, 15) is 0 Å². The van der Waals surface area contributed by atoms with Gasteiger partial charge in [-0.25, -0.2) is 0 Å². The number of hydrogen-bond donors (Lipinski definition) is 1. The SMILES string of the molecule is Cc1c(C(N)Cc2ccccc2Cl)cnn1C. The van der Waals surface area contributed by atoms with Crippen molar-refractivity contribution in [2.24, 2.45) is 12.8 Å². The van der Waals surface area contributed by atoms with Crippen LogP contribution < -0.4 is 5.73 Å². The predicted octanol–water partition coefficient (Wildman–Crippen LogP) is 2.62. The van der Waals surface area contributed by atoms with Gasteiger partial charge in [-0.05, 0) is 25.0 Å². The lowest BCUT2D eigenvalue weighted by Crippen LogP contribution is -2.14. The van der Waals surface area contributed by atoms with E-state index < -0.39 is 0 Å². The minimum Gasteiger partial charge on any atom is -0.324 e. The van der Waals surface area contributed by atoms with Crippen LogP contribution in [0.2, 0.25) is 5.02 Å². The molecular formula is C13H16ClN3. The third-order valence-electron chi connectivity index (χ3n) is 3.07. The van der Waals surface area contributed by atoms with Crippen LogP contribution in [0.5, 0.6) is 0 Å². The maximum atomic E-state index is 6.20. The zero-order valence-corrected chi connectivity index (χ0v) is 10.8. The summed E-state index contributed by atoms with van der Waals surface area (Å²) in [5.41, 5.74) is 9.45. The van der Waals surface area contributed by atoms with Crippen molar-refractivity contribution in [1.29, 1.82) is 0 Å². The smallest absolute Gasteiger partial charge is 0.0540 e. The molecule has 17 heavy (non-hydrogen) atoms. The average molecular weight is 250 g/mol. The van der Waals surface area contributed by atoms with E-state index in [1.807, 2.05) is 49.1 Å². The van der Waals surface area contributed by atoms with Gasteiger partial charge in [-0.1, -0.05) is 29.8 Å². The first kappa shape index (κ1) is 12.1. The molecule has 0 fully saturated rings. The highest BCUT2D eigenvalue weighted by Gasteiger charge is 2.14. The summed E-state index contributed by atoms with van der Waals surface area (Å²) in [6, 6.07) is 7.73. The summed E-state index contributed by atoms with van der Waals surface area (Å²) in [7, 11) is 1.92. The van der Waals surface area contributed by atoms with Gasteiger partial charge in [0.25, 0.3) is 0 Å². The third kappa shape index (κ3) is 2.51. The summed E-state index contributed by atoms with van der Waals surface area (Å²) < 4.78 is 1.84. The van der Waals surface area contributed by atoms with Crippen molar-refractivity contribution in [3.8, 4) is 0 Å². The molecule has 1 aromatic heterocycles. The molecular weight excluding hydrogens is 234 g/mol. The van der Waals surface area contributed by atoms with Gasteiger partial charge in [0.2, 0.25) is 0 Å². The summed E-state index contributed by atoms with van der Waals surface area (Å²) in [5, 5.41) is 4.97. The number of halogens is 1. The Balaban J connectivity index is 2.20. The Morgan fingerprint density at radius 3 is 2.71 bits per heavy atom. The zero-order chi connectivity index (χ0) is 12.4. The first-order chi connectivity index (χ1) is 8.09. The Bertz CT molecular complexity index is 519. The van der Waals surface area contributed by atoms with Crippen molar-refractivity contribution < 1.29 is 0 Å². The second-order valence-corrected chi connectivity index (χ2v) is 4.62. The quantitative estimate of drug-likeness (QED) is 0.909. The van der Waals surface area contributed by atoms with Gasteiger partial charge in [0, 0.05) is 29.4 Å². The number of rotatable bonds is 3. The highest BCUT2D eigenvalue weighted by Crippen LogP contribution is 2.23. The van der Waals surface area contributed by atoms with Gasteiger partial charge >= 0.3 is 0 Å². The fraction of sp³-hybridized carbons (Fsp3) is 0.308. The summed E-state index contributed by atoms with van der Waals surface area (Å²) in [6.07, 6.45) is 2.56. The molecule has 0 aliphatic heterocycles. The number of hydrogen-bond acceptors (Lipinski definition) is 2. The molecule has 2 aromatic rings. The summed E-state index contributed by atoms with van der Waals surface area (Å²) in [5.74, 6) is 0. The number of aromatic nitrogens is 2. The number of nitrogens with zero attached hydrogens (tertiary/aromatic N) is 2. The first-order valence-electron chi connectivity index (χ1n) is 5.57. The van der Waals surface area contributed by atoms with Gasteiger partial charge in [0.05, 0.1) is 6.20 Å². The summed E-state index contributed by atoms with van der Waals surface area (Å²) in [6.45, 7) is 2.02. The third-order valence-corrected chi connectivity index (χ3v) is 3.44. The second kappa shape index (κ2) is 4.90. The van der Waals surface area contributed by atoms with E-state index in [1.54, 1.807) is 0 Å². The van der Waals surface area contributed by atoms with Crippen molar-refractivity contribution in [3.05, 3.63) is 52.3 Å². The molecule has 0 saturated carbocycles. The van der Waals surface area contributed by atoms with Gasteiger partial charge < -0.3 is 5.73 Å². The van der Waals surface area contributed by atoms with E-state index in [4.69, 9.17) is 17.3 Å². The van der Waals surface area contributed by atoms with E-state index >= 15 is 0 Å². The van der Waals surface area contributed by atoms with E-state index in [2.05, 4.69) is 5.10 Å². The number of benzene rings is 1. The fourth-order valence-electron chi connectivity index (χ4n) is 1.89. The molecule has 0 aliphatic carbocycles. The van der Waals surface area contributed by atoms with Crippen LogP contribution in [0, 0.1) is 6.92 Å². The van der Waals surface area contributed by atoms with Gasteiger partial charge in [-0.3, -0.25) is 4.68 Å². The molecule has 90 valence electrons. The lowest BCUT2D eigenvalue weighted by molar-refractivity contribution is 0.701. The molecule has 1 heterocycles. The predicted molar refractivity (Wildman–Crippen MR) is 70.0 cm³/mol. The van der Waals surface area contributed by atoms with Gasteiger partial charge in [-0.15, -0.1) is 0 Å². The maximum Gasteiger partial charge on any atom is 0.0540 e. The lowest BCUT2D eigenvalue weighted by Gasteiger charge is -2.12. The molecule has 0 spiro atoms. The van der Waals surface area contributed by atoms with Crippen LogP contribution in [0.15, 0.2) is 30.5 Å². The number of aryl methyl sites for hydroxylation is 1. The molecule has 2 rings (SSSR count). The van der Waals surface area contributed by atoms with E-state index in [0.717, 1.165) is 28.3 Å². The molecule has 1 aromatic carbocycles. The van der Waals surface area contributed by atoms with Crippen molar-refractivity contribution in [3.63, 3.8) is 0 Å². The van der Waals surface area contributed by atoms with Crippen molar-refractivity contribution in [2.75, 3.05) is 0 Å². The minimum absolute atomic E-state index is 0.0661. The van der Waals surface area contributed by atoms with Crippen LogP contribution >= 0.6 is 11.6 Å². The molecule has 0 bridgehead atoms. The van der Waals surface area contributed by atoms with Crippen LogP contribution in [0.1, 0.15) is 22.9 Å². The average Bonchev–Trinajstić information content (AvgIpc) is 2.63. The lowest BCUT2D eigenvalue weighted by atomic mass is 10.0. The topological polar surface area (TPSA) is 43.8 Å². The van der Waals surface area contributed by atoms with Crippen LogP contribution in [-0.2, 0) is 13.5 Å².